The number of rotatable bonds is 3. The quantitative estimate of drug-likeness (QED) is 0.873. The van der Waals surface area contributed by atoms with Crippen LogP contribution >= 0.6 is 0 Å². The number of nitrogens with zero attached hydrogens (tertiary/aromatic N) is 4. The molecular weight excluding hydrogens is 292 g/mol. The zero-order valence-corrected chi connectivity index (χ0v) is 13.2. The molecule has 1 saturated heterocycles. The average Bonchev–Trinajstić information content (AvgIpc) is 3.36. The number of hydrogen-bond donors (Lipinski definition) is 0. The fourth-order valence-corrected chi connectivity index (χ4v) is 3.77. The summed E-state index contributed by atoms with van der Waals surface area (Å²) in [5.74, 6) is 1.01. The lowest BCUT2D eigenvalue weighted by atomic mass is 10.0. The molecule has 2 fully saturated rings. The van der Waals surface area contributed by atoms with Gasteiger partial charge in [-0.2, -0.15) is 0 Å². The molecule has 2 aromatic heterocycles. The van der Waals surface area contributed by atoms with Gasteiger partial charge in [0.1, 0.15) is 0 Å². The minimum absolute atomic E-state index is 0.0151. The molecule has 0 atom stereocenters. The van der Waals surface area contributed by atoms with Crippen LogP contribution in [-0.2, 0) is 0 Å². The van der Waals surface area contributed by atoms with Crippen molar-refractivity contribution in [2.75, 3.05) is 13.1 Å². The molecule has 0 bridgehead atoms. The average molecular weight is 314 g/mol. The smallest absolute Gasteiger partial charge is 0.289 e. The maximum Gasteiger partial charge on any atom is 0.289 e. The standard InChI is InChI=1S/C17H22N4O2/c22-17(16-6-3-11-23-16)20-9-7-14(8-10-20)21-12-15(18-19-21)13-4-1-2-5-13/h3,6,11-14H,1-2,4-5,7-10H2. The molecule has 2 aromatic rings. The maximum absolute atomic E-state index is 12.3. The zero-order chi connectivity index (χ0) is 15.6. The number of carbonyl (C=O) groups is 1. The van der Waals surface area contributed by atoms with E-state index in [1.807, 2.05) is 9.58 Å². The van der Waals surface area contributed by atoms with Crippen molar-refractivity contribution >= 4 is 5.91 Å². The van der Waals surface area contributed by atoms with E-state index in [2.05, 4.69) is 16.5 Å². The van der Waals surface area contributed by atoms with Crippen LogP contribution in [0.1, 0.15) is 66.7 Å². The minimum Gasteiger partial charge on any atom is -0.459 e. The number of furan rings is 1. The van der Waals surface area contributed by atoms with Crippen molar-refractivity contribution in [2.45, 2.75) is 50.5 Å². The highest BCUT2D eigenvalue weighted by Crippen LogP contribution is 2.33. The molecule has 1 saturated carbocycles. The molecule has 0 N–H and O–H groups in total. The van der Waals surface area contributed by atoms with Gasteiger partial charge in [0.05, 0.1) is 18.0 Å². The predicted octanol–water partition coefficient (Wildman–Crippen LogP) is 3.01. The highest BCUT2D eigenvalue weighted by Gasteiger charge is 2.27. The topological polar surface area (TPSA) is 64.2 Å². The summed E-state index contributed by atoms with van der Waals surface area (Å²) in [4.78, 5) is 14.1. The molecule has 1 aliphatic carbocycles. The summed E-state index contributed by atoms with van der Waals surface area (Å²) in [5, 5.41) is 8.73. The predicted molar refractivity (Wildman–Crippen MR) is 84.1 cm³/mol. The van der Waals surface area contributed by atoms with Crippen LogP contribution in [0.25, 0.3) is 0 Å². The highest BCUT2D eigenvalue weighted by molar-refractivity contribution is 5.91. The molecule has 3 heterocycles. The summed E-state index contributed by atoms with van der Waals surface area (Å²) in [6, 6.07) is 3.82. The number of likely N-dealkylation sites (tertiary alicyclic amines) is 1. The van der Waals surface area contributed by atoms with Crippen LogP contribution in [0.3, 0.4) is 0 Å². The summed E-state index contributed by atoms with van der Waals surface area (Å²) in [6.45, 7) is 1.48. The third kappa shape index (κ3) is 2.90. The van der Waals surface area contributed by atoms with Crippen molar-refractivity contribution in [3.05, 3.63) is 36.0 Å². The van der Waals surface area contributed by atoms with Crippen molar-refractivity contribution in [3.63, 3.8) is 0 Å². The second-order valence-corrected chi connectivity index (χ2v) is 6.61. The molecule has 4 rings (SSSR count). The lowest BCUT2D eigenvalue weighted by Gasteiger charge is -2.31. The Balaban J connectivity index is 1.37. The van der Waals surface area contributed by atoms with Crippen molar-refractivity contribution in [1.82, 2.24) is 19.9 Å². The molecular formula is C17H22N4O2. The van der Waals surface area contributed by atoms with E-state index in [0.717, 1.165) is 31.6 Å². The Morgan fingerprint density at radius 2 is 1.96 bits per heavy atom. The molecule has 0 aromatic carbocycles. The van der Waals surface area contributed by atoms with Crippen LogP contribution in [0.5, 0.6) is 0 Å². The molecule has 0 radical (unpaired) electrons. The summed E-state index contributed by atoms with van der Waals surface area (Å²) in [5.41, 5.74) is 1.15. The minimum atomic E-state index is -0.0151. The molecule has 0 spiro atoms. The number of amides is 1. The van der Waals surface area contributed by atoms with Crippen LogP contribution in [0.2, 0.25) is 0 Å². The van der Waals surface area contributed by atoms with Crippen molar-refractivity contribution in [1.29, 1.82) is 0 Å². The van der Waals surface area contributed by atoms with Crippen LogP contribution < -0.4 is 0 Å². The molecule has 6 heteroatoms. The van der Waals surface area contributed by atoms with Crippen LogP contribution in [0, 0.1) is 0 Å². The molecule has 23 heavy (non-hydrogen) atoms. The Hall–Kier alpha value is -2.11. The maximum atomic E-state index is 12.3. The lowest BCUT2D eigenvalue weighted by molar-refractivity contribution is 0.0657. The summed E-state index contributed by atoms with van der Waals surface area (Å²) in [7, 11) is 0. The van der Waals surface area contributed by atoms with Crippen LogP contribution in [0.4, 0.5) is 0 Å². The lowest BCUT2D eigenvalue weighted by Crippen LogP contribution is -2.39. The molecule has 2 aliphatic rings. The van der Waals surface area contributed by atoms with E-state index in [1.165, 1.54) is 25.7 Å². The van der Waals surface area contributed by atoms with Gasteiger partial charge in [0.25, 0.3) is 5.91 Å². The van der Waals surface area contributed by atoms with Gasteiger partial charge in [-0.05, 0) is 37.8 Å². The second kappa shape index (κ2) is 6.18. The van der Waals surface area contributed by atoms with Gasteiger partial charge in [0.15, 0.2) is 5.76 Å². The van der Waals surface area contributed by atoms with E-state index >= 15 is 0 Å². The molecule has 0 unspecified atom stereocenters. The van der Waals surface area contributed by atoms with Gasteiger partial charge >= 0.3 is 0 Å². The Morgan fingerprint density at radius 3 is 2.65 bits per heavy atom. The first kappa shape index (κ1) is 14.5. The summed E-state index contributed by atoms with van der Waals surface area (Å²) < 4.78 is 7.22. The largest absolute Gasteiger partial charge is 0.459 e. The third-order valence-corrected chi connectivity index (χ3v) is 5.16. The Labute approximate surface area is 135 Å². The first-order valence-corrected chi connectivity index (χ1v) is 8.56. The van der Waals surface area contributed by atoms with Gasteiger partial charge in [-0.25, -0.2) is 4.68 Å². The van der Waals surface area contributed by atoms with Crippen molar-refractivity contribution in [3.8, 4) is 0 Å². The normalized spacial score (nSPS) is 20.3. The molecule has 1 amide bonds. The van der Waals surface area contributed by atoms with Gasteiger partial charge < -0.3 is 9.32 Å². The second-order valence-electron chi connectivity index (χ2n) is 6.61. The summed E-state index contributed by atoms with van der Waals surface area (Å²) >= 11 is 0. The number of aromatic nitrogens is 3. The van der Waals surface area contributed by atoms with E-state index in [1.54, 1.807) is 18.4 Å². The van der Waals surface area contributed by atoms with Crippen molar-refractivity contribution in [2.24, 2.45) is 0 Å². The summed E-state index contributed by atoms with van der Waals surface area (Å²) in [6.07, 6.45) is 10.6. The van der Waals surface area contributed by atoms with Crippen molar-refractivity contribution < 1.29 is 9.21 Å². The van der Waals surface area contributed by atoms with Gasteiger partial charge in [-0.3, -0.25) is 4.79 Å². The molecule has 122 valence electrons. The van der Waals surface area contributed by atoms with E-state index in [0.29, 0.717) is 17.7 Å². The van der Waals surface area contributed by atoms with Gasteiger partial charge in [-0.1, -0.05) is 18.1 Å². The Morgan fingerprint density at radius 1 is 1.17 bits per heavy atom. The van der Waals surface area contributed by atoms with Crippen LogP contribution in [-0.4, -0.2) is 38.9 Å². The monoisotopic (exact) mass is 314 g/mol. The van der Waals surface area contributed by atoms with Crippen LogP contribution in [0.15, 0.2) is 29.0 Å². The fraction of sp³-hybridized carbons (Fsp3) is 0.588. The van der Waals surface area contributed by atoms with E-state index in [9.17, 15) is 4.79 Å². The van der Waals surface area contributed by atoms with E-state index in [4.69, 9.17) is 4.42 Å². The van der Waals surface area contributed by atoms with E-state index < -0.39 is 0 Å². The Bertz CT molecular complexity index is 650. The van der Waals surface area contributed by atoms with Gasteiger partial charge in [0.2, 0.25) is 0 Å². The zero-order valence-electron chi connectivity index (χ0n) is 13.2. The first-order valence-electron chi connectivity index (χ1n) is 8.56. The third-order valence-electron chi connectivity index (χ3n) is 5.16. The molecule has 6 nitrogen and oxygen atoms in total. The molecule has 1 aliphatic heterocycles. The Kier molecular flexibility index (Phi) is 3.89. The number of carbonyl (C=O) groups excluding carboxylic acids is 1. The fourth-order valence-electron chi connectivity index (χ4n) is 3.77. The van der Waals surface area contributed by atoms with E-state index in [-0.39, 0.29) is 5.91 Å². The van der Waals surface area contributed by atoms with Gasteiger partial charge in [-0.15, -0.1) is 5.10 Å². The number of hydrogen-bond acceptors (Lipinski definition) is 4. The SMILES string of the molecule is O=C(c1ccco1)N1CCC(n2cc(C3CCCC3)nn2)CC1. The first-order chi connectivity index (χ1) is 11.3. The van der Waals surface area contributed by atoms with Gasteiger partial charge in [0, 0.05) is 25.2 Å². The number of piperidine rings is 1. The highest BCUT2D eigenvalue weighted by atomic mass is 16.3.